The molecule has 148 valence electrons. The molecule has 0 aliphatic carbocycles. The van der Waals surface area contributed by atoms with Gasteiger partial charge in [-0.3, -0.25) is 4.79 Å². The van der Waals surface area contributed by atoms with E-state index < -0.39 is 6.04 Å². The summed E-state index contributed by atoms with van der Waals surface area (Å²) < 4.78 is 37.8. The van der Waals surface area contributed by atoms with Gasteiger partial charge in [-0.2, -0.15) is 0 Å². The zero-order valence-electron chi connectivity index (χ0n) is 16.0. The summed E-state index contributed by atoms with van der Waals surface area (Å²) in [6, 6.07) is 14.9. The number of carbonyl (C=O) groups is 1. The van der Waals surface area contributed by atoms with Crippen molar-refractivity contribution in [3.05, 3.63) is 89.0 Å². The number of hydrogen-bond donors (Lipinski definition) is 0. The SMILES string of the molecule is COc1cc2c(cc1OC)C(c1ccc(F)cc1)N(c1ccc(F)cc1)C(=O)C2. The minimum atomic E-state index is -0.517. The summed E-state index contributed by atoms with van der Waals surface area (Å²) in [5.74, 6) is 0.171. The van der Waals surface area contributed by atoms with E-state index >= 15 is 0 Å². The highest BCUT2D eigenvalue weighted by atomic mass is 19.1. The number of rotatable bonds is 4. The van der Waals surface area contributed by atoms with Crippen molar-refractivity contribution in [2.75, 3.05) is 19.1 Å². The van der Waals surface area contributed by atoms with E-state index in [1.807, 2.05) is 6.07 Å². The molecule has 6 heteroatoms. The van der Waals surface area contributed by atoms with Crippen molar-refractivity contribution in [1.82, 2.24) is 0 Å². The summed E-state index contributed by atoms with van der Waals surface area (Å²) in [5, 5.41) is 0. The van der Waals surface area contributed by atoms with Crippen LogP contribution >= 0.6 is 0 Å². The largest absolute Gasteiger partial charge is 0.493 e. The van der Waals surface area contributed by atoms with Crippen LogP contribution in [0.3, 0.4) is 0 Å². The fourth-order valence-electron chi connectivity index (χ4n) is 3.74. The Morgan fingerprint density at radius 3 is 2.00 bits per heavy atom. The molecule has 1 aliphatic rings. The number of carbonyl (C=O) groups excluding carboxylic acids is 1. The Morgan fingerprint density at radius 2 is 1.41 bits per heavy atom. The highest BCUT2D eigenvalue weighted by molar-refractivity contribution is 5.98. The van der Waals surface area contributed by atoms with Gasteiger partial charge in [0.1, 0.15) is 11.6 Å². The molecule has 0 aromatic heterocycles. The van der Waals surface area contributed by atoms with Crippen LogP contribution in [-0.2, 0) is 11.2 Å². The van der Waals surface area contributed by atoms with Gasteiger partial charge in [0.15, 0.2) is 11.5 Å². The standard InChI is InChI=1S/C23H19F2NO3/c1-28-20-11-15-12-22(27)26(18-9-7-17(25)8-10-18)23(19(15)13-21(20)29-2)14-3-5-16(24)6-4-14/h3-11,13,23H,12H2,1-2H3. The van der Waals surface area contributed by atoms with Gasteiger partial charge in [-0.1, -0.05) is 12.1 Å². The second-order valence-electron chi connectivity index (χ2n) is 6.78. The second-order valence-corrected chi connectivity index (χ2v) is 6.78. The zero-order chi connectivity index (χ0) is 20.5. The third kappa shape index (κ3) is 3.42. The van der Waals surface area contributed by atoms with Crippen LogP contribution < -0.4 is 14.4 Å². The minimum Gasteiger partial charge on any atom is -0.493 e. The molecule has 4 rings (SSSR count). The van der Waals surface area contributed by atoms with E-state index in [9.17, 15) is 13.6 Å². The molecular formula is C23H19F2NO3. The fraction of sp³-hybridized carbons (Fsp3) is 0.174. The highest BCUT2D eigenvalue weighted by Gasteiger charge is 2.35. The van der Waals surface area contributed by atoms with Crippen LogP contribution in [0.5, 0.6) is 11.5 Å². The van der Waals surface area contributed by atoms with Gasteiger partial charge in [-0.25, -0.2) is 8.78 Å². The first kappa shape index (κ1) is 18.9. The van der Waals surface area contributed by atoms with Gasteiger partial charge < -0.3 is 14.4 Å². The monoisotopic (exact) mass is 395 g/mol. The molecular weight excluding hydrogens is 376 g/mol. The van der Waals surface area contributed by atoms with Crippen molar-refractivity contribution in [3.63, 3.8) is 0 Å². The lowest BCUT2D eigenvalue weighted by atomic mass is 9.87. The molecule has 1 heterocycles. The van der Waals surface area contributed by atoms with Crippen molar-refractivity contribution in [2.24, 2.45) is 0 Å². The Balaban J connectivity index is 1.93. The topological polar surface area (TPSA) is 38.8 Å². The number of methoxy groups -OCH3 is 2. The third-order valence-electron chi connectivity index (χ3n) is 5.10. The van der Waals surface area contributed by atoms with Crippen LogP contribution in [0.2, 0.25) is 0 Å². The Kier molecular flexibility index (Phi) is 4.92. The van der Waals surface area contributed by atoms with Crippen molar-refractivity contribution in [3.8, 4) is 11.5 Å². The third-order valence-corrected chi connectivity index (χ3v) is 5.10. The first-order valence-electron chi connectivity index (χ1n) is 9.09. The first-order valence-corrected chi connectivity index (χ1v) is 9.09. The van der Waals surface area contributed by atoms with E-state index in [0.29, 0.717) is 17.2 Å². The summed E-state index contributed by atoms with van der Waals surface area (Å²) in [4.78, 5) is 14.7. The number of ether oxygens (including phenoxy) is 2. The molecule has 1 aliphatic heterocycles. The number of nitrogens with zero attached hydrogens (tertiary/aromatic N) is 1. The number of anilines is 1. The van der Waals surface area contributed by atoms with Crippen LogP contribution in [0.15, 0.2) is 60.7 Å². The number of benzene rings is 3. The maximum Gasteiger partial charge on any atom is 0.232 e. The predicted molar refractivity (Wildman–Crippen MR) is 105 cm³/mol. The molecule has 0 N–H and O–H groups in total. The van der Waals surface area contributed by atoms with Crippen LogP contribution in [0.25, 0.3) is 0 Å². The van der Waals surface area contributed by atoms with Crippen LogP contribution in [0.4, 0.5) is 14.5 Å². The lowest BCUT2D eigenvalue weighted by Crippen LogP contribution is -2.41. The summed E-state index contributed by atoms with van der Waals surface area (Å²) in [6.07, 6.45) is 0.157. The maximum absolute atomic E-state index is 13.5. The van der Waals surface area contributed by atoms with E-state index in [2.05, 4.69) is 0 Å². The molecule has 29 heavy (non-hydrogen) atoms. The molecule has 0 spiro atoms. The van der Waals surface area contributed by atoms with Crippen LogP contribution in [0, 0.1) is 11.6 Å². The number of hydrogen-bond acceptors (Lipinski definition) is 3. The zero-order valence-corrected chi connectivity index (χ0v) is 16.0. The average molecular weight is 395 g/mol. The lowest BCUT2D eigenvalue weighted by molar-refractivity contribution is -0.118. The summed E-state index contributed by atoms with van der Waals surface area (Å²) in [7, 11) is 3.08. The normalized spacial score (nSPS) is 15.8. The molecule has 0 fully saturated rings. The summed E-state index contributed by atoms with van der Waals surface area (Å²) >= 11 is 0. The number of fused-ring (bicyclic) bond motifs is 1. The van der Waals surface area contributed by atoms with E-state index in [4.69, 9.17) is 9.47 Å². The van der Waals surface area contributed by atoms with Crippen molar-refractivity contribution in [2.45, 2.75) is 12.5 Å². The molecule has 1 unspecified atom stereocenters. The smallest absolute Gasteiger partial charge is 0.232 e. The van der Waals surface area contributed by atoms with Crippen molar-refractivity contribution in [1.29, 1.82) is 0 Å². The van der Waals surface area contributed by atoms with Gasteiger partial charge in [0.05, 0.1) is 26.7 Å². The molecule has 0 saturated heterocycles. The Hall–Kier alpha value is -3.41. The lowest BCUT2D eigenvalue weighted by Gasteiger charge is -2.38. The molecule has 1 amide bonds. The average Bonchev–Trinajstić information content (AvgIpc) is 2.73. The van der Waals surface area contributed by atoms with Crippen molar-refractivity contribution < 1.29 is 23.0 Å². The molecule has 3 aromatic carbocycles. The molecule has 0 radical (unpaired) electrons. The highest BCUT2D eigenvalue weighted by Crippen LogP contribution is 2.43. The Bertz CT molecular complexity index is 1050. The van der Waals surface area contributed by atoms with Crippen molar-refractivity contribution >= 4 is 11.6 Å². The van der Waals surface area contributed by atoms with Gasteiger partial charge >= 0.3 is 0 Å². The van der Waals surface area contributed by atoms with E-state index in [1.165, 1.54) is 31.4 Å². The summed E-state index contributed by atoms with van der Waals surface area (Å²) in [6.45, 7) is 0. The minimum absolute atomic E-state index is 0.148. The van der Waals surface area contributed by atoms with E-state index in [0.717, 1.165) is 16.7 Å². The van der Waals surface area contributed by atoms with Gasteiger partial charge in [0.25, 0.3) is 0 Å². The van der Waals surface area contributed by atoms with Crippen LogP contribution in [0.1, 0.15) is 22.7 Å². The quantitative estimate of drug-likeness (QED) is 0.645. The van der Waals surface area contributed by atoms with Gasteiger partial charge in [0.2, 0.25) is 5.91 Å². The Labute approximate surface area is 167 Å². The molecule has 4 nitrogen and oxygen atoms in total. The number of halogens is 2. The molecule has 1 atom stereocenters. The predicted octanol–water partition coefficient (Wildman–Crippen LogP) is 4.66. The van der Waals surface area contributed by atoms with Gasteiger partial charge in [0, 0.05) is 5.69 Å². The molecule has 3 aromatic rings. The molecule has 0 saturated carbocycles. The van der Waals surface area contributed by atoms with Crippen LogP contribution in [-0.4, -0.2) is 20.1 Å². The maximum atomic E-state index is 13.5. The first-order chi connectivity index (χ1) is 14.0. The Morgan fingerprint density at radius 1 is 0.862 bits per heavy atom. The molecule has 0 bridgehead atoms. The fourth-order valence-corrected chi connectivity index (χ4v) is 3.74. The second kappa shape index (κ2) is 7.54. The van der Waals surface area contributed by atoms with Gasteiger partial charge in [-0.05, 0) is 65.2 Å². The van der Waals surface area contributed by atoms with E-state index in [-0.39, 0.29) is 24.0 Å². The number of amides is 1. The van der Waals surface area contributed by atoms with Gasteiger partial charge in [-0.15, -0.1) is 0 Å². The summed E-state index contributed by atoms with van der Waals surface area (Å²) in [5.41, 5.74) is 2.95. The van der Waals surface area contributed by atoms with E-state index in [1.54, 1.807) is 42.3 Å².